The van der Waals surface area contributed by atoms with Crippen molar-refractivity contribution in [2.24, 2.45) is 0 Å². The van der Waals surface area contributed by atoms with E-state index in [1.165, 1.54) is 192 Å². The number of carboxylic acids is 2. The second-order valence-electron chi connectivity index (χ2n) is 15.7. The predicted molar refractivity (Wildman–Crippen MR) is 228 cm³/mol. The maximum absolute atomic E-state index is 11.4. The van der Waals surface area contributed by atoms with Crippen molar-refractivity contribution in [1.82, 2.24) is 0 Å². The molecule has 6 nitrogen and oxygen atoms in total. The second-order valence-corrected chi connectivity index (χ2v) is 15.7. The van der Waals surface area contributed by atoms with E-state index < -0.39 is 17.7 Å². The van der Waals surface area contributed by atoms with Gasteiger partial charge in [-0.2, -0.15) is 0 Å². The van der Waals surface area contributed by atoms with Gasteiger partial charge in [0.2, 0.25) is 0 Å². The molecule has 0 saturated heterocycles. The number of hydrogen-bond donors (Lipinski definition) is 2. The Kier molecular flexibility index (Phi) is 35.8. The fraction of sp³-hybridized carbons (Fsp3) is 0.708. The van der Waals surface area contributed by atoms with Gasteiger partial charge in [-0.15, -0.1) is 0 Å². The fourth-order valence-electron chi connectivity index (χ4n) is 7.20. The number of aromatic hydroxyl groups is 1. The molecule has 55 heavy (non-hydrogen) atoms. The number of carbonyl (C=O) groups is 2. The van der Waals surface area contributed by atoms with Gasteiger partial charge in [-0.25, -0.2) is 4.79 Å². The first-order chi connectivity index (χ1) is 26.3. The molecule has 0 spiro atoms. The third kappa shape index (κ3) is 29.6. The minimum Gasteiger partial charge on any atom is -0.872 e. The van der Waals surface area contributed by atoms with Crippen LogP contribution in [0, 0.1) is 0 Å². The Morgan fingerprint density at radius 3 is 1.07 bits per heavy atom. The van der Waals surface area contributed by atoms with Crippen LogP contribution in [0.5, 0.6) is 11.5 Å². The van der Waals surface area contributed by atoms with Crippen LogP contribution in [0.2, 0.25) is 0 Å². The third-order valence-electron chi connectivity index (χ3n) is 10.7. The molecule has 7 heteroatoms. The summed E-state index contributed by atoms with van der Waals surface area (Å²) >= 11 is 0. The molecule has 2 N–H and O–H groups in total. The molecular weight excluding hydrogens is 697 g/mol. The van der Waals surface area contributed by atoms with Crippen molar-refractivity contribution in [3.8, 4) is 11.5 Å². The summed E-state index contributed by atoms with van der Waals surface area (Å²) in [5, 5.41) is 40.8. The average molecular weight is 775 g/mol. The Bertz CT molecular complexity index is 1120. The molecule has 0 unspecified atom stereocenters. The van der Waals surface area contributed by atoms with Crippen LogP contribution in [0.25, 0.3) is 0 Å². The maximum atomic E-state index is 11.4. The first kappa shape index (κ1) is 52.7. The molecule has 0 amide bonds. The number of rotatable bonds is 34. The smallest absolute Gasteiger partial charge is 0.872 e. The Labute approximate surface area is 352 Å². The molecule has 0 bridgehead atoms. The number of aryl methyl sites for hydroxylation is 2. The van der Waals surface area contributed by atoms with E-state index in [1.54, 1.807) is 12.1 Å². The molecule has 0 aromatic heterocycles. The Hall–Kier alpha value is -2.25. The minimum atomic E-state index is -1.38. The number of unbranched alkanes of at least 4 members (excludes halogenated alkanes) is 28. The molecule has 0 fully saturated rings. The van der Waals surface area contributed by atoms with Gasteiger partial charge >= 0.3 is 29.0 Å². The van der Waals surface area contributed by atoms with Gasteiger partial charge in [0.1, 0.15) is 11.3 Å². The third-order valence-corrected chi connectivity index (χ3v) is 10.7. The van der Waals surface area contributed by atoms with E-state index in [0.717, 1.165) is 43.2 Å². The van der Waals surface area contributed by atoms with E-state index >= 15 is 0 Å². The summed E-state index contributed by atoms with van der Waals surface area (Å²) in [7, 11) is 0. The van der Waals surface area contributed by atoms with Crippen molar-refractivity contribution in [3.05, 3.63) is 58.7 Å². The molecule has 0 aliphatic heterocycles. The van der Waals surface area contributed by atoms with E-state index in [9.17, 15) is 24.9 Å². The predicted octanol–water partition coefficient (Wildman–Crippen LogP) is 12.7. The number of carbonyl (C=O) groups excluding carboxylic acids is 1. The quantitative estimate of drug-likeness (QED) is 0.0539. The number of hydrogen-bond acceptors (Lipinski definition) is 5. The first-order valence-corrected chi connectivity index (χ1v) is 22.4. The molecule has 2 aromatic rings. The van der Waals surface area contributed by atoms with Crippen LogP contribution in [-0.4, -0.2) is 45.2 Å². The molecule has 0 saturated carbocycles. The molecular formula is C48H78MgO6. The van der Waals surface area contributed by atoms with E-state index in [-0.39, 0.29) is 39.9 Å². The first-order valence-electron chi connectivity index (χ1n) is 22.4. The summed E-state index contributed by atoms with van der Waals surface area (Å²) in [5.41, 5.74) is 1.71. The summed E-state index contributed by atoms with van der Waals surface area (Å²) in [6, 6.07) is 9.46. The minimum absolute atomic E-state index is 0. The summed E-state index contributed by atoms with van der Waals surface area (Å²) in [6.07, 6.45) is 41.9. The van der Waals surface area contributed by atoms with Gasteiger partial charge in [-0.3, -0.25) is 0 Å². The van der Waals surface area contributed by atoms with E-state index in [1.807, 2.05) is 6.07 Å². The van der Waals surface area contributed by atoms with E-state index in [0.29, 0.717) is 0 Å². The van der Waals surface area contributed by atoms with Crippen LogP contribution in [0.15, 0.2) is 36.4 Å². The normalized spacial score (nSPS) is 10.8. The van der Waals surface area contributed by atoms with Crippen molar-refractivity contribution in [2.45, 2.75) is 219 Å². The van der Waals surface area contributed by atoms with Gasteiger partial charge in [-0.1, -0.05) is 224 Å². The zero-order chi connectivity index (χ0) is 39.5. The zero-order valence-electron chi connectivity index (χ0n) is 35.3. The van der Waals surface area contributed by atoms with Gasteiger partial charge in [-0.05, 0) is 54.5 Å². The summed E-state index contributed by atoms with van der Waals surface area (Å²) in [4.78, 5) is 21.9. The number of carboxylic acid groups (broad SMARTS) is 2. The fourth-order valence-corrected chi connectivity index (χ4v) is 7.20. The summed E-state index contributed by atoms with van der Waals surface area (Å²) in [5.74, 6) is -3.05. The zero-order valence-corrected chi connectivity index (χ0v) is 36.7. The van der Waals surface area contributed by atoms with Crippen LogP contribution < -0.4 is 10.2 Å². The molecule has 308 valence electrons. The van der Waals surface area contributed by atoms with Crippen LogP contribution in [0.3, 0.4) is 0 Å². The van der Waals surface area contributed by atoms with Gasteiger partial charge in [0.15, 0.2) is 0 Å². The molecule has 2 aromatic carbocycles. The van der Waals surface area contributed by atoms with Crippen molar-refractivity contribution in [1.29, 1.82) is 0 Å². The monoisotopic (exact) mass is 775 g/mol. The van der Waals surface area contributed by atoms with Crippen LogP contribution in [0.1, 0.15) is 238 Å². The molecule has 2 rings (SSSR count). The average Bonchev–Trinajstić information content (AvgIpc) is 3.16. The van der Waals surface area contributed by atoms with Crippen molar-refractivity contribution in [2.75, 3.05) is 0 Å². The molecule has 0 aliphatic rings. The summed E-state index contributed by atoms with van der Waals surface area (Å²) in [6.45, 7) is 4.54. The number of aromatic carboxylic acids is 2. The van der Waals surface area contributed by atoms with Crippen molar-refractivity contribution < 1.29 is 30.0 Å². The SMILES string of the molecule is CCCCCCCCCCCCCCCCCc1ccc(O)c(C(=O)O)c1.CCCCCCCCCCCCCCCCCc1ccc([O-])c(C(=O)[O-])c1.[Mg+2]. The largest absolute Gasteiger partial charge is 2.00 e. The van der Waals surface area contributed by atoms with Crippen LogP contribution in [-0.2, 0) is 12.8 Å². The number of benzene rings is 2. The van der Waals surface area contributed by atoms with E-state index in [4.69, 9.17) is 5.11 Å². The second kappa shape index (κ2) is 37.3. The van der Waals surface area contributed by atoms with Crippen LogP contribution >= 0.6 is 0 Å². The van der Waals surface area contributed by atoms with Crippen molar-refractivity contribution >= 4 is 35.0 Å². The molecule has 0 aliphatic carbocycles. The Morgan fingerprint density at radius 2 is 0.764 bits per heavy atom. The molecule has 0 heterocycles. The Balaban J connectivity index is 0.00000104. The molecule has 0 radical (unpaired) electrons. The van der Waals surface area contributed by atoms with Crippen molar-refractivity contribution in [3.63, 3.8) is 0 Å². The standard InChI is InChI=1S/2C24H40O3.Mg/c2*1-2-3-4-5-6-7-8-9-10-11-12-13-14-15-16-17-21-18-19-23(25)22(20-21)24(26)27;/h2*18-20,25H,2-17H2,1H3,(H,26,27);/q;;+2/p-2. The Morgan fingerprint density at radius 1 is 0.473 bits per heavy atom. The topological polar surface area (TPSA) is 121 Å². The maximum Gasteiger partial charge on any atom is 2.00 e. The van der Waals surface area contributed by atoms with Gasteiger partial charge < -0.3 is 25.2 Å². The summed E-state index contributed by atoms with van der Waals surface area (Å²) < 4.78 is 0. The molecule has 0 atom stereocenters. The van der Waals surface area contributed by atoms with Gasteiger partial charge in [0.25, 0.3) is 0 Å². The number of phenols is 1. The van der Waals surface area contributed by atoms with E-state index in [2.05, 4.69) is 13.8 Å². The van der Waals surface area contributed by atoms with Gasteiger partial charge in [0.05, 0.1) is 5.97 Å². The van der Waals surface area contributed by atoms with Gasteiger partial charge in [0, 0.05) is 0 Å². The van der Waals surface area contributed by atoms with Crippen LogP contribution in [0.4, 0.5) is 0 Å².